The van der Waals surface area contributed by atoms with E-state index in [1.54, 1.807) is 0 Å². The summed E-state index contributed by atoms with van der Waals surface area (Å²) in [5.41, 5.74) is 0. The molecule has 0 aliphatic carbocycles. The van der Waals surface area contributed by atoms with Crippen LogP contribution in [-0.2, 0) is 0 Å². The predicted octanol–water partition coefficient (Wildman–Crippen LogP) is 0.514. The third kappa shape index (κ3) is 4.93. The fraction of sp³-hybridized carbons (Fsp3) is 0.917. The molecule has 16 heavy (non-hydrogen) atoms. The van der Waals surface area contributed by atoms with E-state index in [1.165, 1.54) is 6.42 Å². The van der Waals surface area contributed by atoms with Gasteiger partial charge in [-0.05, 0) is 34.0 Å². The third-order valence-corrected chi connectivity index (χ3v) is 3.08. The number of hydrogen-bond donors (Lipinski definition) is 1. The molecule has 4 heteroatoms. The van der Waals surface area contributed by atoms with E-state index in [1.807, 2.05) is 0 Å². The molecule has 0 amide bonds. The smallest absolute Gasteiger partial charge is 0.0638 e. The van der Waals surface area contributed by atoms with Crippen LogP contribution in [0.25, 0.3) is 0 Å². The van der Waals surface area contributed by atoms with E-state index in [4.69, 9.17) is 5.26 Å². The van der Waals surface area contributed by atoms with Crippen LogP contribution in [0.5, 0.6) is 0 Å². The highest BCUT2D eigenvalue weighted by Crippen LogP contribution is 2.07. The van der Waals surface area contributed by atoms with Crippen LogP contribution in [0.15, 0.2) is 0 Å². The minimum atomic E-state index is 0.338. The fourth-order valence-electron chi connectivity index (χ4n) is 2.10. The fourth-order valence-corrected chi connectivity index (χ4v) is 2.10. The molecule has 1 aliphatic heterocycles. The second-order valence-electron chi connectivity index (χ2n) is 5.02. The van der Waals surface area contributed by atoms with Crippen molar-refractivity contribution < 1.29 is 0 Å². The van der Waals surface area contributed by atoms with Crippen molar-refractivity contribution in [2.75, 3.05) is 40.3 Å². The Morgan fingerprint density at radius 2 is 2.25 bits per heavy atom. The van der Waals surface area contributed by atoms with Crippen LogP contribution in [0, 0.1) is 11.3 Å². The van der Waals surface area contributed by atoms with Gasteiger partial charge in [-0.15, -0.1) is 0 Å². The van der Waals surface area contributed by atoms with E-state index in [0.29, 0.717) is 18.5 Å². The standard InChI is InChI=1S/C12H24N4/c1-11-5-7-16(9-8-15(2)3)10-12(14-11)4-6-13/h11-12,14H,4-5,7-10H2,1-3H3. The maximum Gasteiger partial charge on any atom is 0.0638 e. The summed E-state index contributed by atoms with van der Waals surface area (Å²) in [5, 5.41) is 12.3. The first-order valence-electron chi connectivity index (χ1n) is 6.12. The summed E-state index contributed by atoms with van der Waals surface area (Å²) < 4.78 is 0. The van der Waals surface area contributed by atoms with E-state index in [0.717, 1.165) is 26.2 Å². The molecule has 2 unspecified atom stereocenters. The van der Waals surface area contributed by atoms with Gasteiger partial charge in [0.2, 0.25) is 0 Å². The Morgan fingerprint density at radius 3 is 2.88 bits per heavy atom. The van der Waals surface area contributed by atoms with Gasteiger partial charge in [0.25, 0.3) is 0 Å². The van der Waals surface area contributed by atoms with Gasteiger partial charge in [0.05, 0.1) is 12.5 Å². The molecule has 1 saturated heterocycles. The monoisotopic (exact) mass is 224 g/mol. The van der Waals surface area contributed by atoms with Gasteiger partial charge in [0.1, 0.15) is 0 Å². The minimum absolute atomic E-state index is 0.338. The molecule has 0 bridgehead atoms. The number of nitrogens with one attached hydrogen (secondary N) is 1. The van der Waals surface area contributed by atoms with Gasteiger partial charge in [0, 0.05) is 31.7 Å². The normalized spacial score (nSPS) is 27.7. The zero-order valence-corrected chi connectivity index (χ0v) is 10.7. The highest BCUT2D eigenvalue weighted by atomic mass is 15.2. The maximum atomic E-state index is 8.78. The van der Waals surface area contributed by atoms with Gasteiger partial charge < -0.3 is 15.1 Å². The Kier molecular flexibility index (Phi) is 5.75. The Balaban J connectivity index is 2.42. The van der Waals surface area contributed by atoms with E-state index in [-0.39, 0.29) is 0 Å². The molecule has 1 rings (SSSR count). The topological polar surface area (TPSA) is 42.3 Å². The van der Waals surface area contributed by atoms with Gasteiger partial charge in [-0.3, -0.25) is 0 Å². The van der Waals surface area contributed by atoms with Crippen LogP contribution >= 0.6 is 0 Å². The van der Waals surface area contributed by atoms with Crippen molar-refractivity contribution in [3.8, 4) is 6.07 Å². The highest BCUT2D eigenvalue weighted by Gasteiger charge is 2.20. The molecule has 0 aromatic carbocycles. The van der Waals surface area contributed by atoms with Gasteiger partial charge in [-0.2, -0.15) is 5.26 Å². The summed E-state index contributed by atoms with van der Waals surface area (Å²) >= 11 is 0. The van der Waals surface area contributed by atoms with Crippen LogP contribution < -0.4 is 5.32 Å². The number of nitriles is 1. The summed E-state index contributed by atoms with van der Waals surface area (Å²) in [4.78, 5) is 4.68. The van der Waals surface area contributed by atoms with Crippen molar-refractivity contribution in [1.82, 2.24) is 15.1 Å². The van der Waals surface area contributed by atoms with Crippen LogP contribution in [0.1, 0.15) is 19.8 Å². The summed E-state index contributed by atoms with van der Waals surface area (Å²) in [7, 11) is 4.21. The van der Waals surface area contributed by atoms with Crippen molar-refractivity contribution in [2.45, 2.75) is 31.8 Å². The van der Waals surface area contributed by atoms with Crippen molar-refractivity contribution in [2.24, 2.45) is 0 Å². The Hall–Kier alpha value is -0.630. The molecular weight excluding hydrogens is 200 g/mol. The minimum Gasteiger partial charge on any atom is -0.309 e. The van der Waals surface area contributed by atoms with Gasteiger partial charge in [-0.25, -0.2) is 0 Å². The number of rotatable bonds is 4. The third-order valence-electron chi connectivity index (χ3n) is 3.08. The van der Waals surface area contributed by atoms with E-state index in [9.17, 15) is 0 Å². The van der Waals surface area contributed by atoms with Crippen LogP contribution in [0.2, 0.25) is 0 Å². The molecular formula is C12H24N4. The second kappa shape index (κ2) is 6.85. The highest BCUT2D eigenvalue weighted by molar-refractivity contribution is 4.87. The molecule has 1 fully saturated rings. The second-order valence-corrected chi connectivity index (χ2v) is 5.02. The molecule has 1 N–H and O–H groups in total. The number of likely N-dealkylation sites (N-methyl/N-ethyl adjacent to an activating group) is 1. The van der Waals surface area contributed by atoms with Crippen molar-refractivity contribution in [3.63, 3.8) is 0 Å². The summed E-state index contributed by atoms with van der Waals surface area (Å²) in [6.07, 6.45) is 1.79. The van der Waals surface area contributed by atoms with E-state index >= 15 is 0 Å². The first kappa shape index (κ1) is 13.4. The lowest BCUT2D eigenvalue weighted by atomic mass is 10.2. The summed E-state index contributed by atoms with van der Waals surface area (Å²) in [6.45, 7) is 6.55. The van der Waals surface area contributed by atoms with Crippen LogP contribution in [0.4, 0.5) is 0 Å². The van der Waals surface area contributed by atoms with Crippen molar-refractivity contribution >= 4 is 0 Å². The molecule has 92 valence electrons. The Morgan fingerprint density at radius 1 is 1.50 bits per heavy atom. The zero-order valence-electron chi connectivity index (χ0n) is 10.7. The Labute approximate surface area is 99.2 Å². The van der Waals surface area contributed by atoms with Gasteiger partial charge in [0.15, 0.2) is 0 Å². The lowest BCUT2D eigenvalue weighted by molar-refractivity contribution is 0.237. The average Bonchev–Trinajstić information content (AvgIpc) is 2.38. The quantitative estimate of drug-likeness (QED) is 0.756. The summed E-state index contributed by atoms with van der Waals surface area (Å²) in [5.74, 6) is 0. The molecule has 1 heterocycles. The van der Waals surface area contributed by atoms with E-state index < -0.39 is 0 Å². The number of nitrogens with zero attached hydrogens (tertiary/aromatic N) is 3. The first-order valence-corrected chi connectivity index (χ1v) is 6.12. The van der Waals surface area contributed by atoms with E-state index in [2.05, 4.69) is 42.2 Å². The van der Waals surface area contributed by atoms with Crippen LogP contribution in [0.3, 0.4) is 0 Å². The van der Waals surface area contributed by atoms with Crippen LogP contribution in [-0.4, -0.2) is 62.2 Å². The first-order chi connectivity index (χ1) is 7.61. The maximum absolute atomic E-state index is 8.78. The molecule has 1 aliphatic rings. The average molecular weight is 224 g/mol. The number of hydrogen-bond acceptors (Lipinski definition) is 4. The molecule has 0 aromatic rings. The molecule has 0 spiro atoms. The lowest BCUT2D eigenvalue weighted by Crippen LogP contribution is -2.41. The van der Waals surface area contributed by atoms with Crippen molar-refractivity contribution in [3.05, 3.63) is 0 Å². The lowest BCUT2D eigenvalue weighted by Gasteiger charge is -2.24. The Bertz CT molecular complexity index is 234. The van der Waals surface area contributed by atoms with Gasteiger partial charge in [-0.1, -0.05) is 0 Å². The molecule has 0 aromatic heterocycles. The van der Waals surface area contributed by atoms with Crippen molar-refractivity contribution in [1.29, 1.82) is 5.26 Å². The molecule has 0 radical (unpaired) electrons. The molecule has 4 nitrogen and oxygen atoms in total. The SMILES string of the molecule is CC1CCN(CCN(C)C)CC(CC#N)N1. The predicted molar refractivity (Wildman–Crippen MR) is 66.2 cm³/mol. The molecule has 2 atom stereocenters. The molecule has 0 saturated carbocycles. The largest absolute Gasteiger partial charge is 0.309 e. The van der Waals surface area contributed by atoms with Gasteiger partial charge >= 0.3 is 0 Å². The zero-order chi connectivity index (χ0) is 12.0. The summed E-state index contributed by atoms with van der Waals surface area (Å²) in [6, 6.07) is 3.14.